The van der Waals surface area contributed by atoms with Gasteiger partial charge in [-0.2, -0.15) is 0 Å². The SMILES string of the molecule is C=CCC(NC(=O)NC1CCCC1)C(=O)O. The summed E-state index contributed by atoms with van der Waals surface area (Å²) < 4.78 is 0. The monoisotopic (exact) mass is 226 g/mol. The molecule has 0 bridgehead atoms. The summed E-state index contributed by atoms with van der Waals surface area (Å²) in [6.45, 7) is 3.46. The third-order valence-corrected chi connectivity index (χ3v) is 2.70. The molecule has 0 radical (unpaired) electrons. The molecule has 90 valence electrons. The molecule has 1 fully saturated rings. The number of amides is 2. The Morgan fingerprint density at radius 3 is 2.56 bits per heavy atom. The third-order valence-electron chi connectivity index (χ3n) is 2.70. The van der Waals surface area contributed by atoms with E-state index >= 15 is 0 Å². The van der Waals surface area contributed by atoms with Gasteiger partial charge < -0.3 is 15.7 Å². The van der Waals surface area contributed by atoms with Crippen molar-refractivity contribution in [1.82, 2.24) is 10.6 Å². The first kappa shape index (κ1) is 12.5. The first-order valence-electron chi connectivity index (χ1n) is 5.54. The average molecular weight is 226 g/mol. The number of rotatable bonds is 5. The minimum atomic E-state index is -1.04. The normalized spacial score (nSPS) is 17.8. The van der Waals surface area contributed by atoms with Gasteiger partial charge in [0.25, 0.3) is 0 Å². The number of carbonyl (C=O) groups is 2. The Morgan fingerprint density at radius 1 is 1.44 bits per heavy atom. The summed E-state index contributed by atoms with van der Waals surface area (Å²) in [6, 6.07) is -1.10. The van der Waals surface area contributed by atoms with Crippen molar-refractivity contribution in [3.8, 4) is 0 Å². The molecule has 0 saturated heterocycles. The van der Waals surface area contributed by atoms with Crippen LogP contribution in [0.2, 0.25) is 0 Å². The molecule has 0 aromatic heterocycles. The molecule has 5 heteroatoms. The summed E-state index contributed by atoms with van der Waals surface area (Å²) in [4.78, 5) is 22.2. The summed E-state index contributed by atoms with van der Waals surface area (Å²) in [5, 5.41) is 14.0. The van der Waals surface area contributed by atoms with E-state index in [1.165, 1.54) is 6.08 Å². The molecule has 5 nitrogen and oxygen atoms in total. The molecule has 0 heterocycles. The van der Waals surface area contributed by atoms with E-state index in [-0.39, 0.29) is 12.5 Å². The van der Waals surface area contributed by atoms with Gasteiger partial charge in [-0.3, -0.25) is 0 Å². The zero-order chi connectivity index (χ0) is 12.0. The van der Waals surface area contributed by atoms with Gasteiger partial charge in [-0.25, -0.2) is 9.59 Å². The van der Waals surface area contributed by atoms with Crippen LogP contribution in [0.5, 0.6) is 0 Å². The Labute approximate surface area is 94.9 Å². The highest BCUT2D eigenvalue weighted by atomic mass is 16.4. The highest BCUT2D eigenvalue weighted by Gasteiger charge is 2.21. The Balaban J connectivity index is 2.35. The van der Waals surface area contributed by atoms with E-state index in [9.17, 15) is 9.59 Å². The number of carboxylic acids is 1. The van der Waals surface area contributed by atoms with Crippen molar-refractivity contribution in [3.05, 3.63) is 12.7 Å². The average Bonchev–Trinajstić information content (AvgIpc) is 2.69. The summed E-state index contributed by atoms with van der Waals surface area (Å²) in [5.74, 6) is -1.04. The van der Waals surface area contributed by atoms with Gasteiger partial charge in [0.1, 0.15) is 6.04 Å². The highest BCUT2D eigenvalue weighted by molar-refractivity contribution is 5.82. The number of urea groups is 1. The number of hydrogen-bond donors (Lipinski definition) is 3. The van der Waals surface area contributed by atoms with Crippen LogP contribution in [0.4, 0.5) is 4.79 Å². The van der Waals surface area contributed by atoms with E-state index in [4.69, 9.17) is 5.11 Å². The molecular formula is C11H18N2O3. The molecular weight excluding hydrogens is 208 g/mol. The molecule has 0 aromatic rings. The Bertz CT molecular complexity index is 272. The van der Waals surface area contributed by atoms with Crippen LogP contribution in [0.3, 0.4) is 0 Å². The molecule has 1 atom stereocenters. The van der Waals surface area contributed by atoms with E-state index < -0.39 is 18.0 Å². The molecule has 1 aliphatic carbocycles. The van der Waals surface area contributed by atoms with E-state index in [2.05, 4.69) is 17.2 Å². The van der Waals surface area contributed by atoms with Gasteiger partial charge in [-0.1, -0.05) is 18.9 Å². The zero-order valence-electron chi connectivity index (χ0n) is 9.24. The fraction of sp³-hybridized carbons (Fsp3) is 0.636. The lowest BCUT2D eigenvalue weighted by Crippen LogP contribution is -2.48. The van der Waals surface area contributed by atoms with Gasteiger partial charge in [0.15, 0.2) is 0 Å². The summed E-state index contributed by atoms with van der Waals surface area (Å²) in [6.07, 6.45) is 5.92. The first-order valence-corrected chi connectivity index (χ1v) is 5.54. The lowest BCUT2D eigenvalue weighted by atomic mass is 10.2. The number of nitrogens with one attached hydrogen (secondary N) is 2. The summed E-state index contributed by atoms with van der Waals surface area (Å²) >= 11 is 0. The second kappa shape index (κ2) is 6.15. The zero-order valence-corrected chi connectivity index (χ0v) is 9.24. The Morgan fingerprint density at radius 2 is 2.06 bits per heavy atom. The predicted molar refractivity (Wildman–Crippen MR) is 60.2 cm³/mol. The van der Waals surface area contributed by atoms with E-state index in [0.717, 1.165) is 25.7 Å². The van der Waals surface area contributed by atoms with Crippen LogP contribution in [0.25, 0.3) is 0 Å². The van der Waals surface area contributed by atoms with Crippen LogP contribution in [-0.4, -0.2) is 29.2 Å². The van der Waals surface area contributed by atoms with Crippen molar-refractivity contribution in [3.63, 3.8) is 0 Å². The van der Waals surface area contributed by atoms with Gasteiger partial charge in [0, 0.05) is 6.04 Å². The van der Waals surface area contributed by atoms with Crippen molar-refractivity contribution >= 4 is 12.0 Å². The van der Waals surface area contributed by atoms with Gasteiger partial charge in [0.2, 0.25) is 0 Å². The van der Waals surface area contributed by atoms with E-state index in [0.29, 0.717) is 0 Å². The van der Waals surface area contributed by atoms with Crippen molar-refractivity contribution < 1.29 is 14.7 Å². The smallest absolute Gasteiger partial charge is 0.326 e. The fourth-order valence-corrected chi connectivity index (χ4v) is 1.84. The molecule has 2 amide bonds. The first-order chi connectivity index (χ1) is 7.63. The maximum Gasteiger partial charge on any atom is 0.326 e. The maximum atomic E-state index is 11.5. The van der Waals surface area contributed by atoms with Crippen molar-refractivity contribution in [2.24, 2.45) is 0 Å². The van der Waals surface area contributed by atoms with Crippen molar-refractivity contribution in [2.45, 2.75) is 44.2 Å². The molecule has 0 aromatic carbocycles. The molecule has 16 heavy (non-hydrogen) atoms. The standard InChI is InChI=1S/C11H18N2O3/c1-2-5-9(10(14)15)13-11(16)12-8-6-3-4-7-8/h2,8-9H,1,3-7H2,(H,14,15)(H2,12,13,16). The fourth-order valence-electron chi connectivity index (χ4n) is 1.84. The largest absolute Gasteiger partial charge is 0.480 e. The van der Waals surface area contributed by atoms with Crippen LogP contribution in [-0.2, 0) is 4.79 Å². The summed E-state index contributed by atoms with van der Waals surface area (Å²) in [7, 11) is 0. The molecule has 0 spiro atoms. The molecule has 1 unspecified atom stereocenters. The minimum absolute atomic E-state index is 0.193. The molecule has 1 saturated carbocycles. The van der Waals surface area contributed by atoms with Crippen molar-refractivity contribution in [2.75, 3.05) is 0 Å². The third kappa shape index (κ3) is 3.92. The lowest BCUT2D eigenvalue weighted by Gasteiger charge is -2.16. The molecule has 1 aliphatic rings. The van der Waals surface area contributed by atoms with Gasteiger partial charge >= 0.3 is 12.0 Å². The summed E-state index contributed by atoms with van der Waals surface area (Å²) in [5.41, 5.74) is 0. The number of aliphatic carboxylic acids is 1. The van der Waals surface area contributed by atoms with Crippen LogP contribution < -0.4 is 10.6 Å². The van der Waals surface area contributed by atoms with Crippen LogP contribution >= 0.6 is 0 Å². The van der Waals surface area contributed by atoms with Crippen molar-refractivity contribution in [1.29, 1.82) is 0 Å². The van der Waals surface area contributed by atoms with Crippen LogP contribution in [0, 0.1) is 0 Å². The van der Waals surface area contributed by atoms with Gasteiger partial charge in [-0.05, 0) is 19.3 Å². The second-order valence-corrected chi connectivity index (χ2v) is 4.01. The second-order valence-electron chi connectivity index (χ2n) is 4.01. The Kier molecular flexibility index (Phi) is 4.82. The molecule has 3 N–H and O–H groups in total. The van der Waals surface area contributed by atoms with Crippen LogP contribution in [0.1, 0.15) is 32.1 Å². The van der Waals surface area contributed by atoms with E-state index in [1.54, 1.807) is 0 Å². The number of carboxylic acid groups (broad SMARTS) is 1. The van der Waals surface area contributed by atoms with Gasteiger partial charge in [0.05, 0.1) is 0 Å². The lowest BCUT2D eigenvalue weighted by molar-refractivity contribution is -0.139. The topological polar surface area (TPSA) is 78.4 Å². The number of carbonyl (C=O) groups excluding carboxylic acids is 1. The molecule has 0 aliphatic heterocycles. The maximum absolute atomic E-state index is 11.5. The number of hydrogen-bond acceptors (Lipinski definition) is 2. The Hall–Kier alpha value is -1.52. The van der Waals surface area contributed by atoms with E-state index in [1.807, 2.05) is 0 Å². The van der Waals surface area contributed by atoms with Gasteiger partial charge in [-0.15, -0.1) is 6.58 Å². The quantitative estimate of drug-likeness (QED) is 0.617. The van der Waals surface area contributed by atoms with Crippen LogP contribution in [0.15, 0.2) is 12.7 Å². The molecule has 1 rings (SSSR count). The predicted octanol–water partition coefficient (Wildman–Crippen LogP) is 1.26. The highest BCUT2D eigenvalue weighted by Crippen LogP contribution is 2.17. The minimum Gasteiger partial charge on any atom is -0.480 e.